The van der Waals surface area contributed by atoms with Crippen molar-refractivity contribution in [2.75, 3.05) is 10.3 Å². The summed E-state index contributed by atoms with van der Waals surface area (Å²) in [5.41, 5.74) is 4.87. The Labute approximate surface area is 206 Å². The minimum atomic E-state index is -0.725. The number of rotatable bonds is 9. The van der Waals surface area contributed by atoms with Gasteiger partial charge in [-0.15, -0.1) is 0 Å². The second-order valence-corrected chi connectivity index (χ2v) is 7.73. The molecule has 10 heteroatoms. The maximum atomic E-state index is 11.3. The first-order chi connectivity index (χ1) is 17.4. The zero-order valence-electron chi connectivity index (χ0n) is 18.9. The van der Waals surface area contributed by atoms with Crippen molar-refractivity contribution in [3.8, 4) is 5.75 Å². The average molecular weight is 483 g/mol. The lowest BCUT2D eigenvalue weighted by Gasteiger charge is -2.25. The van der Waals surface area contributed by atoms with Crippen LogP contribution in [-0.2, 0) is 6.54 Å². The van der Waals surface area contributed by atoms with Gasteiger partial charge in [-0.05, 0) is 42.0 Å². The molecule has 4 aromatic rings. The van der Waals surface area contributed by atoms with Gasteiger partial charge in [0.15, 0.2) is 0 Å². The molecule has 0 spiro atoms. The van der Waals surface area contributed by atoms with Crippen LogP contribution in [0.3, 0.4) is 0 Å². The molecule has 0 unspecified atom stereocenters. The fourth-order valence-corrected chi connectivity index (χ4v) is 3.57. The Morgan fingerprint density at radius 3 is 2.03 bits per heavy atom. The molecule has 10 nitrogen and oxygen atoms in total. The summed E-state index contributed by atoms with van der Waals surface area (Å²) < 4.78 is 0. The van der Waals surface area contributed by atoms with Crippen molar-refractivity contribution in [2.24, 2.45) is 5.10 Å². The molecular formula is C26H21N5O5. The highest BCUT2D eigenvalue weighted by Crippen LogP contribution is 2.31. The lowest BCUT2D eigenvalue weighted by atomic mass is 10.1. The second-order valence-electron chi connectivity index (χ2n) is 7.73. The molecule has 180 valence electrons. The fourth-order valence-electron chi connectivity index (χ4n) is 3.57. The Kier molecular flexibility index (Phi) is 7.16. The molecule has 0 heterocycles. The molecule has 4 rings (SSSR count). The number of aromatic hydroxyl groups is 1. The van der Waals surface area contributed by atoms with Crippen LogP contribution < -0.4 is 10.3 Å². The highest BCUT2D eigenvalue weighted by atomic mass is 16.6. The van der Waals surface area contributed by atoms with E-state index in [0.29, 0.717) is 17.7 Å². The van der Waals surface area contributed by atoms with Gasteiger partial charge in [-0.2, -0.15) is 5.10 Å². The van der Waals surface area contributed by atoms with E-state index in [-0.39, 0.29) is 11.4 Å². The molecule has 0 aliphatic carbocycles. The Balaban J connectivity index is 1.52. The molecule has 36 heavy (non-hydrogen) atoms. The van der Waals surface area contributed by atoms with Gasteiger partial charge >= 0.3 is 5.69 Å². The lowest BCUT2D eigenvalue weighted by molar-refractivity contribution is -0.393. The number of nitrogens with zero attached hydrogens (tertiary/aromatic N) is 4. The number of hydrogen-bond acceptors (Lipinski definition) is 8. The van der Waals surface area contributed by atoms with Gasteiger partial charge in [0.1, 0.15) is 11.4 Å². The Morgan fingerprint density at radius 1 is 0.833 bits per heavy atom. The van der Waals surface area contributed by atoms with E-state index in [1.165, 1.54) is 12.3 Å². The van der Waals surface area contributed by atoms with Crippen molar-refractivity contribution in [2.45, 2.75) is 6.54 Å². The zero-order valence-corrected chi connectivity index (χ0v) is 18.9. The number of non-ortho nitro benzene ring substituents is 1. The number of benzene rings is 4. The highest BCUT2D eigenvalue weighted by Gasteiger charge is 2.19. The van der Waals surface area contributed by atoms with Crippen LogP contribution in [0.25, 0.3) is 0 Å². The van der Waals surface area contributed by atoms with Crippen LogP contribution in [0, 0.1) is 20.2 Å². The summed E-state index contributed by atoms with van der Waals surface area (Å²) in [6.45, 7) is 0.421. The molecule has 0 saturated heterocycles. The first kappa shape index (κ1) is 23.9. The number of phenols is 1. The standard InChI is InChI=1S/C26H21N5O5/c32-26-15-19(17-27-28-24-14-13-23(30(33)34)16-25(24)31(35)36)11-12-20(26)18-29(21-7-3-1-4-8-21)22-9-5-2-6-10-22/h1-17,28,32H,18H2/b27-17+. The van der Waals surface area contributed by atoms with E-state index >= 15 is 0 Å². The van der Waals surface area contributed by atoms with E-state index in [2.05, 4.69) is 15.4 Å². The second kappa shape index (κ2) is 10.8. The van der Waals surface area contributed by atoms with Gasteiger partial charge in [0.05, 0.1) is 28.7 Å². The van der Waals surface area contributed by atoms with Crippen molar-refractivity contribution in [1.29, 1.82) is 0 Å². The molecule has 0 bridgehead atoms. The van der Waals surface area contributed by atoms with E-state index in [9.17, 15) is 25.3 Å². The van der Waals surface area contributed by atoms with Crippen molar-refractivity contribution in [1.82, 2.24) is 0 Å². The minimum Gasteiger partial charge on any atom is -0.508 e. The van der Waals surface area contributed by atoms with E-state index < -0.39 is 21.2 Å². The van der Waals surface area contributed by atoms with Crippen LogP contribution in [0.5, 0.6) is 5.75 Å². The molecule has 2 N–H and O–H groups in total. The number of para-hydroxylation sites is 2. The molecule has 0 aliphatic rings. The third-order valence-electron chi connectivity index (χ3n) is 5.36. The van der Waals surface area contributed by atoms with E-state index in [0.717, 1.165) is 23.5 Å². The maximum absolute atomic E-state index is 11.3. The largest absolute Gasteiger partial charge is 0.508 e. The third-order valence-corrected chi connectivity index (χ3v) is 5.36. The molecule has 0 saturated carbocycles. The van der Waals surface area contributed by atoms with Crippen molar-refractivity contribution < 1.29 is 15.0 Å². The summed E-state index contributed by atoms with van der Waals surface area (Å²) >= 11 is 0. The molecule has 0 aromatic heterocycles. The summed E-state index contributed by atoms with van der Waals surface area (Å²) in [6, 6.07) is 28.0. The first-order valence-electron chi connectivity index (χ1n) is 10.8. The molecule has 4 aromatic carbocycles. The van der Waals surface area contributed by atoms with Crippen molar-refractivity contribution in [3.05, 3.63) is 128 Å². The summed E-state index contributed by atoms with van der Waals surface area (Å²) in [5.74, 6) is 0.0668. The number of nitro groups is 2. The molecule has 0 radical (unpaired) electrons. The summed E-state index contributed by atoms with van der Waals surface area (Å²) in [4.78, 5) is 22.8. The zero-order chi connectivity index (χ0) is 25.5. The number of hydrogen-bond donors (Lipinski definition) is 2. The van der Waals surface area contributed by atoms with E-state index in [1.54, 1.807) is 18.2 Å². The van der Waals surface area contributed by atoms with Gasteiger partial charge in [-0.3, -0.25) is 25.7 Å². The van der Waals surface area contributed by atoms with Gasteiger partial charge in [0.2, 0.25) is 0 Å². The molecule has 0 fully saturated rings. The van der Waals surface area contributed by atoms with Crippen LogP contribution in [-0.4, -0.2) is 21.2 Å². The molecule has 0 aliphatic heterocycles. The van der Waals surface area contributed by atoms with Crippen LogP contribution in [0.2, 0.25) is 0 Å². The minimum absolute atomic E-state index is 0.00376. The molecule has 0 atom stereocenters. The van der Waals surface area contributed by atoms with Crippen molar-refractivity contribution in [3.63, 3.8) is 0 Å². The van der Waals surface area contributed by atoms with Crippen LogP contribution in [0.4, 0.5) is 28.4 Å². The number of anilines is 3. The van der Waals surface area contributed by atoms with Crippen LogP contribution >= 0.6 is 0 Å². The van der Waals surface area contributed by atoms with Crippen LogP contribution in [0.15, 0.2) is 102 Å². The summed E-state index contributed by atoms with van der Waals surface area (Å²) in [7, 11) is 0. The fraction of sp³-hybridized carbons (Fsp3) is 0.0385. The topological polar surface area (TPSA) is 134 Å². The predicted molar refractivity (Wildman–Crippen MR) is 138 cm³/mol. The number of hydrazone groups is 1. The van der Waals surface area contributed by atoms with Crippen LogP contribution in [0.1, 0.15) is 11.1 Å². The smallest absolute Gasteiger partial charge is 0.301 e. The first-order valence-corrected chi connectivity index (χ1v) is 10.8. The average Bonchev–Trinajstić information content (AvgIpc) is 2.89. The highest BCUT2D eigenvalue weighted by molar-refractivity contribution is 5.81. The maximum Gasteiger partial charge on any atom is 0.301 e. The summed E-state index contributed by atoms with van der Waals surface area (Å²) in [6.07, 6.45) is 1.39. The third kappa shape index (κ3) is 5.62. The van der Waals surface area contributed by atoms with Gasteiger partial charge in [0, 0.05) is 23.0 Å². The number of phenolic OH excluding ortho intramolecular Hbond substituents is 1. The normalized spacial score (nSPS) is 10.8. The van der Waals surface area contributed by atoms with Gasteiger partial charge in [-0.25, -0.2) is 0 Å². The Bertz CT molecular complexity index is 1370. The Morgan fingerprint density at radius 2 is 1.47 bits per heavy atom. The van der Waals surface area contributed by atoms with E-state index in [1.807, 2.05) is 60.7 Å². The summed E-state index contributed by atoms with van der Waals surface area (Å²) in [5, 5.41) is 36.8. The quantitative estimate of drug-likeness (QED) is 0.169. The van der Waals surface area contributed by atoms with E-state index in [4.69, 9.17) is 0 Å². The number of nitrogens with one attached hydrogen (secondary N) is 1. The van der Waals surface area contributed by atoms with Gasteiger partial charge < -0.3 is 10.0 Å². The SMILES string of the molecule is O=[N+]([O-])c1ccc(N/N=C/c2ccc(CN(c3ccccc3)c3ccccc3)c(O)c2)c([N+](=O)[O-])c1. The molecular weight excluding hydrogens is 462 g/mol. The predicted octanol–water partition coefficient (Wildman–Crippen LogP) is 5.99. The van der Waals surface area contributed by atoms with Crippen molar-refractivity contribution >= 4 is 34.7 Å². The number of nitro benzene ring substituents is 2. The van der Waals surface area contributed by atoms with Gasteiger partial charge in [0.25, 0.3) is 5.69 Å². The lowest BCUT2D eigenvalue weighted by Crippen LogP contribution is -2.16. The monoisotopic (exact) mass is 483 g/mol. The van der Waals surface area contributed by atoms with Gasteiger partial charge in [-0.1, -0.05) is 48.5 Å². The Hall–Kier alpha value is -5.25. The molecule has 0 amide bonds.